The van der Waals surface area contributed by atoms with Crippen LogP contribution in [0.2, 0.25) is 0 Å². The lowest BCUT2D eigenvalue weighted by atomic mass is 9.49. The number of Topliss-reactive ketones (excluding diaryl/α,β-unsaturated/α-hetero) is 1. The molecule has 0 amide bonds. The normalized spacial score (nSPS) is 51.3. The highest BCUT2D eigenvalue weighted by Crippen LogP contribution is 2.66. The van der Waals surface area contributed by atoms with Gasteiger partial charge in [-0.25, -0.2) is 0 Å². The summed E-state index contributed by atoms with van der Waals surface area (Å²) < 4.78 is 0. The fourth-order valence-electron chi connectivity index (χ4n) is 7.77. The molecule has 0 aromatic carbocycles. The second-order valence-corrected chi connectivity index (χ2v) is 11.0. The van der Waals surface area contributed by atoms with E-state index >= 15 is 0 Å². The van der Waals surface area contributed by atoms with E-state index in [0.717, 1.165) is 24.7 Å². The molecule has 4 rings (SSSR count). The number of hydrogen-bond donors (Lipinski definition) is 0. The molecule has 0 heterocycles. The van der Waals surface area contributed by atoms with Crippen molar-refractivity contribution >= 4 is 12.1 Å². The lowest BCUT2D eigenvalue weighted by Crippen LogP contribution is -2.48. The van der Waals surface area contributed by atoms with Gasteiger partial charge in [-0.3, -0.25) is 9.59 Å². The molecule has 3 fully saturated rings. The fourth-order valence-corrected chi connectivity index (χ4v) is 7.77. The first kappa shape index (κ1) is 19.2. The van der Waals surface area contributed by atoms with E-state index in [0.29, 0.717) is 47.2 Å². The van der Waals surface area contributed by atoms with E-state index in [1.807, 2.05) is 0 Å². The number of hydrogen-bond acceptors (Lipinski definition) is 2. The first-order valence-electron chi connectivity index (χ1n) is 11.0. The molecule has 0 aromatic rings. The predicted molar refractivity (Wildman–Crippen MR) is 109 cm³/mol. The van der Waals surface area contributed by atoms with Gasteiger partial charge in [0.2, 0.25) is 0 Å². The molecule has 2 nitrogen and oxygen atoms in total. The van der Waals surface area contributed by atoms with E-state index in [-0.39, 0.29) is 11.3 Å². The van der Waals surface area contributed by atoms with Crippen LogP contribution in [-0.2, 0) is 9.59 Å². The van der Waals surface area contributed by atoms with Crippen LogP contribution in [0.1, 0.15) is 72.6 Å². The topological polar surface area (TPSA) is 34.1 Å². The van der Waals surface area contributed by atoms with Crippen LogP contribution in [0.4, 0.5) is 0 Å². The smallest absolute Gasteiger partial charge is 0.146 e. The summed E-state index contributed by atoms with van der Waals surface area (Å²) in [5.41, 5.74) is 2.82. The zero-order chi connectivity index (χ0) is 19.6. The lowest BCUT2D eigenvalue weighted by Gasteiger charge is -2.55. The molecule has 4 aliphatic rings. The van der Waals surface area contributed by atoms with E-state index in [1.54, 1.807) is 0 Å². The number of allylic oxidation sites excluding steroid dienone is 3. The summed E-state index contributed by atoms with van der Waals surface area (Å²) in [6.07, 6.45) is 11.0. The number of ketones is 1. The van der Waals surface area contributed by atoms with E-state index in [4.69, 9.17) is 0 Å². The highest BCUT2D eigenvalue weighted by Gasteiger charge is 2.58. The minimum absolute atomic E-state index is 0.135. The Morgan fingerprint density at radius 3 is 2.59 bits per heavy atom. The van der Waals surface area contributed by atoms with Gasteiger partial charge in [-0.2, -0.15) is 0 Å². The van der Waals surface area contributed by atoms with Gasteiger partial charge in [0.15, 0.2) is 0 Å². The van der Waals surface area contributed by atoms with Gasteiger partial charge in [-0.1, -0.05) is 39.0 Å². The average molecular weight is 369 g/mol. The Bertz CT molecular complexity index is 703. The summed E-state index contributed by atoms with van der Waals surface area (Å²) in [7, 11) is 0. The summed E-state index contributed by atoms with van der Waals surface area (Å²) >= 11 is 0. The number of aldehydes is 1. The molecule has 27 heavy (non-hydrogen) atoms. The van der Waals surface area contributed by atoms with Crippen molar-refractivity contribution in [2.45, 2.75) is 72.6 Å². The lowest BCUT2D eigenvalue weighted by molar-refractivity contribution is -0.122. The van der Waals surface area contributed by atoms with Crippen LogP contribution in [0.25, 0.3) is 0 Å². The minimum atomic E-state index is -0.135. The molecule has 4 aliphatic carbocycles. The molecule has 3 saturated carbocycles. The van der Waals surface area contributed by atoms with E-state index in [2.05, 4.69) is 40.3 Å². The third-order valence-corrected chi connectivity index (χ3v) is 9.33. The van der Waals surface area contributed by atoms with Gasteiger partial charge in [0, 0.05) is 12.3 Å². The molecule has 2 heteroatoms. The van der Waals surface area contributed by atoms with Crippen molar-refractivity contribution in [2.24, 2.45) is 46.3 Å². The van der Waals surface area contributed by atoms with Crippen molar-refractivity contribution in [1.29, 1.82) is 0 Å². The molecule has 8 atom stereocenters. The zero-order valence-corrected chi connectivity index (χ0v) is 17.6. The van der Waals surface area contributed by atoms with Gasteiger partial charge in [0.1, 0.15) is 12.1 Å². The zero-order valence-electron chi connectivity index (χ0n) is 17.6. The summed E-state index contributed by atoms with van der Waals surface area (Å²) in [5.74, 6) is 2.79. The van der Waals surface area contributed by atoms with Crippen molar-refractivity contribution in [2.75, 3.05) is 0 Å². The van der Waals surface area contributed by atoms with Crippen LogP contribution in [0.3, 0.4) is 0 Å². The maximum Gasteiger partial charge on any atom is 0.146 e. The maximum absolute atomic E-state index is 12.7. The Labute approximate surface area is 164 Å². The second-order valence-electron chi connectivity index (χ2n) is 11.0. The molecule has 0 aliphatic heterocycles. The molecular formula is C25H36O2. The summed E-state index contributed by atoms with van der Waals surface area (Å²) in [6.45, 7) is 13.8. The van der Waals surface area contributed by atoms with Crippen LogP contribution in [0.5, 0.6) is 0 Å². The standard InChI is InChI=1S/C25H36O2/c1-15(2)18-8-9-24(4)10-11-25(5)13-19-16(3)12-21(27)22(19)17(14-26)6-7-20(25)23(18)24/h6,14,16,18-20,22-23H,1,7-13H2,2-5H3/b17-6-/t16-,18+,19-,20-,22?,23-,24-,25+/m0/s1. The average Bonchev–Trinajstić information content (AvgIpc) is 3.07. The first-order chi connectivity index (χ1) is 12.7. The molecule has 148 valence electrons. The molecule has 0 aromatic heterocycles. The first-order valence-corrected chi connectivity index (χ1v) is 11.0. The summed E-state index contributed by atoms with van der Waals surface area (Å²) in [5, 5.41) is 0. The molecular weight excluding hydrogens is 332 g/mol. The van der Waals surface area contributed by atoms with Gasteiger partial charge in [0.05, 0.1) is 0 Å². The van der Waals surface area contributed by atoms with Gasteiger partial charge in [-0.15, -0.1) is 0 Å². The Kier molecular flexibility index (Phi) is 4.56. The number of rotatable bonds is 2. The van der Waals surface area contributed by atoms with Crippen molar-refractivity contribution < 1.29 is 9.59 Å². The van der Waals surface area contributed by atoms with Crippen LogP contribution in [-0.4, -0.2) is 12.1 Å². The molecule has 0 N–H and O–H groups in total. The minimum Gasteiger partial charge on any atom is -0.299 e. The Morgan fingerprint density at radius 1 is 1.22 bits per heavy atom. The van der Waals surface area contributed by atoms with Gasteiger partial charge >= 0.3 is 0 Å². The fraction of sp³-hybridized carbons (Fsp3) is 0.760. The number of fused-ring (bicyclic) bond motifs is 4. The van der Waals surface area contributed by atoms with Gasteiger partial charge in [0.25, 0.3) is 0 Å². The van der Waals surface area contributed by atoms with E-state index in [1.165, 1.54) is 31.3 Å². The van der Waals surface area contributed by atoms with Gasteiger partial charge < -0.3 is 0 Å². The summed E-state index contributed by atoms with van der Waals surface area (Å²) in [4.78, 5) is 24.6. The highest BCUT2D eigenvalue weighted by atomic mass is 16.1. The second kappa shape index (κ2) is 6.42. The Morgan fingerprint density at radius 2 is 1.93 bits per heavy atom. The van der Waals surface area contributed by atoms with Crippen LogP contribution >= 0.6 is 0 Å². The molecule has 0 spiro atoms. The van der Waals surface area contributed by atoms with E-state index < -0.39 is 0 Å². The van der Waals surface area contributed by atoms with Crippen LogP contribution < -0.4 is 0 Å². The largest absolute Gasteiger partial charge is 0.299 e. The Hall–Kier alpha value is -1.18. The SMILES string of the molecule is C=C(C)[C@H]1CC[C@@]2(C)CC[C@]3(C)C[C@@H]4C(C(=O)C[C@@H]4C)/C(C=O)=C\C[C@H]3[C@H]12. The molecule has 0 bridgehead atoms. The number of carbonyl (C=O) groups is 2. The van der Waals surface area contributed by atoms with Crippen molar-refractivity contribution in [3.05, 3.63) is 23.8 Å². The van der Waals surface area contributed by atoms with Crippen molar-refractivity contribution in [1.82, 2.24) is 0 Å². The van der Waals surface area contributed by atoms with Crippen LogP contribution in [0.15, 0.2) is 23.8 Å². The third-order valence-electron chi connectivity index (χ3n) is 9.33. The monoisotopic (exact) mass is 368 g/mol. The van der Waals surface area contributed by atoms with Crippen molar-refractivity contribution in [3.63, 3.8) is 0 Å². The van der Waals surface area contributed by atoms with Crippen molar-refractivity contribution in [3.8, 4) is 0 Å². The predicted octanol–water partition coefficient (Wildman–Crippen LogP) is 5.77. The highest BCUT2D eigenvalue weighted by molar-refractivity contribution is 5.93. The van der Waals surface area contributed by atoms with Gasteiger partial charge in [-0.05, 0) is 91.4 Å². The molecule has 1 unspecified atom stereocenters. The van der Waals surface area contributed by atoms with E-state index in [9.17, 15) is 9.59 Å². The molecule has 0 saturated heterocycles. The van der Waals surface area contributed by atoms with Crippen LogP contribution in [0, 0.1) is 46.3 Å². The quantitative estimate of drug-likeness (QED) is 0.458. The summed E-state index contributed by atoms with van der Waals surface area (Å²) in [6, 6.07) is 0. The molecule has 0 radical (unpaired) electrons. The Balaban J connectivity index is 1.78. The third kappa shape index (κ3) is 2.81. The number of carbonyl (C=O) groups excluding carboxylic acids is 2. The maximum atomic E-state index is 12.7.